The molecular formula is C23H34O5. The zero-order valence-corrected chi connectivity index (χ0v) is 17.7. The van der Waals surface area contributed by atoms with Gasteiger partial charge in [0, 0.05) is 31.6 Å². The number of ether oxygens (including phenoxy) is 2. The smallest absolute Gasteiger partial charge is 0.302 e. The van der Waals surface area contributed by atoms with Gasteiger partial charge in [0.05, 0.1) is 0 Å². The van der Waals surface area contributed by atoms with Gasteiger partial charge in [0.15, 0.2) is 0 Å². The van der Waals surface area contributed by atoms with E-state index in [2.05, 4.69) is 13.8 Å². The van der Waals surface area contributed by atoms with E-state index in [9.17, 15) is 14.4 Å². The summed E-state index contributed by atoms with van der Waals surface area (Å²) in [6, 6.07) is 0. The van der Waals surface area contributed by atoms with Crippen molar-refractivity contribution in [1.29, 1.82) is 0 Å². The predicted molar refractivity (Wildman–Crippen MR) is 103 cm³/mol. The van der Waals surface area contributed by atoms with E-state index in [-0.39, 0.29) is 40.9 Å². The molecule has 0 amide bonds. The van der Waals surface area contributed by atoms with Crippen LogP contribution in [0.4, 0.5) is 0 Å². The molecule has 0 aliphatic heterocycles. The normalized spacial score (nSPS) is 47.5. The van der Waals surface area contributed by atoms with Crippen LogP contribution in [0, 0.1) is 34.5 Å². The Morgan fingerprint density at radius 3 is 2.21 bits per heavy atom. The summed E-state index contributed by atoms with van der Waals surface area (Å²) in [5, 5.41) is 0. The van der Waals surface area contributed by atoms with Crippen molar-refractivity contribution in [2.24, 2.45) is 34.5 Å². The van der Waals surface area contributed by atoms with Crippen LogP contribution in [-0.4, -0.2) is 29.9 Å². The van der Waals surface area contributed by atoms with Crippen molar-refractivity contribution in [2.45, 2.75) is 91.3 Å². The lowest BCUT2D eigenvalue weighted by molar-refractivity contribution is -0.173. The molecule has 5 nitrogen and oxygen atoms in total. The van der Waals surface area contributed by atoms with Crippen molar-refractivity contribution >= 4 is 17.7 Å². The van der Waals surface area contributed by atoms with Crippen LogP contribution >= 0.6 is 0 Å². The van der Waals surface area contributed by atoms with Gasteiger partial charge in [-0.15, -0.1) is 0 Å². The number of carbonyl (C=O) groups is 3. The van der Waals surface area contributed by atoms with E-state index in [1.54, 1.807) is 0 Å². The third kappa shape index (κ3) is 3.00. The molecule has 0 radical (unpaired) electrons. The maximum Gasteiger partial charge on any atom is 0.302 e. The van der Waals surface area contributed by atoms with E-state index in [4.69, 9.17) is 9.47 Å². The lowest BCUT2D eigenvalue weighted by Gasteiger charge is -2.59. The first-order valence-electron chi connectivity index (χ1n) is 11.0. The summed E-state index contributed by atoms with van der Waals surface area (Å²) in [4.78, 5) is 36.3. The second-order valence-electron chi connectivity index (χ2n) is 10.3. The number of esters is 2. The molecule has 0 aromatic carbocycles. The van der Waals surface area contributed by atoms with E-state index in [1.807, 2.05) is 0 Å². The average Bonchev–Trinajstić information content (AvgIpc) is 2.92. The van der Waals surface area contributed by atoms with Crippen LogP contribution < -0.4 is 0 Å². The maximum absolute atomic E-state index is 13.4. The van der Waals surface area contributed by atoms with Crippen LogP contribution in [0.15, 0.2) is 0 Å². The molecule has 4 aliphatic rings. The average molecular weight is 391 g/mol. The predicted octanol–water partition coefficient (Wildman–Crippen LogP) is 4.07. The Bertz CT molecular complexity index is 686. The Hall–Kier alpha value is -1.39. The first kappa shape index (κ1) is 19.9. The van der Waals surface area contributed by atoms with Crippen LogP contribution in [0.5, 0.6) is 0 Å². The summed E-state index contributed by atoms with van der Waals surface area (Å²) in [6.45, 7) is 7.58. The van der Waals surface area contributed by atoms with Gasteiger partial charge in [-0.3, -0.25) is 14.4 Å². The minimum Gasteiger partial charge on any atom is -0.463 e. The van der Waals surface area contributed by atoms with Crippen LogP contribution in [0.1, 0.15) is 79.1 Å². The Labute approximate surface area is 167 Å². The highest BCUT2D eigenvalue weighted by atomic mass is 16.5. The minimum absolute atomic E-state index is 0.0337. The summed E-state index contributed by atoms with van der Waals surface area (Å²) in [7, 11) is 0. The molecule has 156 valence electrons. The number of fused-ring (bicyclic) bond motifs is 5. The topological polar surface area (TPSA) is 69.7 Å². The van der Waals surface area contributed by atoms with Gasteiger partial charge in [0.2, 0.25) is 0 Å². The highest BCUT2D eigenvalue weighted by Gasteiger charge is 2.63. The molecule has 0 unspecified atom stereocenters. The summed E-state index contributed by atoms with van der Waals surface area (Å²) in [5.41, 5.74) is 0.0801. The molecule has 4 fully saturated rings. The van der Waals surface area contributed by atoms with E-state index < -0.39 is 0 Å². The Morgan fingerprint density at radius 1 is 0.893 bits per heavy atom. The van der Waals surface area contributed by atoms with Crippen LogP contribution in [0.25, 0.3) is 0 Å². The molecule has 4 rings (SSSR count). The fraction of sp³-hybridized carbons (Fsp3) is 0.870. The summed E-state index contributed by atoms with van der Waals surface area (Å²) >= 11 is 0. The number of hydrogen-bond acceptors (Lipinski definition) is 5. The lowest BCUT2D eigenvalue weighted by atomic mass is 9.45. The molecule has 0 heterocycles. The van der Waals surface area contributed by atoms with E-state index in [0.717, 1.165) is 44.9 Å². The summed E-state index contributed by atoms with van der Waals surface area (Å²) in [6.07, 6.45) is 7.21. The fourth-order valence-electron chi connectivity index (χ4n) is 7.58. The van der Waals surface area contributed by atoms with Gasteiger partial charge in [-0.25, -0.2) is 0 Å². The monoisotopic (exact) mass is 390 g/mol. The van der Waals surface area contributed by atoms with Crippen molar-refractivity contribution in [1.82, 2.24) is 0 Å². The number of rotatable bonds is 2. The van der Waals surface area contributed by atoms with Crippen molar-refractivity contribution < 1.29 is 23.9 Å². The van der Waals surface area contributed by atoms with E-state index in [0.29, 0.717) is 30.0 Å². The highest BCUT2D eigenvalue weighted by molar-refractivity contribution is 5.83. The van der Waals surface area contributed by atoms with E-state index in [1.165, 1.54) is 13.8 Å². The van der Waals surface area contributed by atoms with Crippen LogP contribution in [0.2, 0.25) is 0 Å². The second-order valence-corrected chi connectivity index (χ2v) is 10.3. The molecule has 0 bridgehead atoms. The van der Waals surface area contributed by atoms with Crippen LogP contribution in [0.3, 0.4) is 0 Å². The van der Waals surface area contributed by atoms with Crippen molar-refractivity contribution in [2.75, 3.05) is 0 Å². The standard InChI is InChI=1S/C23H34O5/c1-13(24)27-16-7-9-22(3)15(11-16)12-19(26)21-17-5-6-20(28-14(2)25)23(17,4)10-8-18(21)22/h15-18,20-21H,5-12H2,1-4H3/t15-,16-,17+,18-,20-,21-,22-,23-/m0/s1. The maximum atomic E-state index is 13.4. The number of hydrogen-bond donors (Lipinski definition) is 0. The molecule has 4 saturated carbocycles. The van der Waals surface area contributed by atoms with Gasteiger partial charge in [0.25, 0.3) is 0 Å². The van der Waals surface area contributed by atoms with Gasteiger partial charge in [-0.2, -0.15) is 0 Å². The molecule has 8 atom stereocenters. The summed E-state index contributed by atoms with van der Waals surface area (Å²) < 4.78 is 11.2. The Morgan fingerprint density at radius 2 is 1.54 bits per heavy atom. The molecule has 0 aromatic rings. The van der Waals surface area contributed by atoms with Gasteiger partial charge >= 0.3 is 11.9 Å². The first-order chi connectivity index (χ1) is 13.1. The minimum atomic E-state index is -0.218. The molecule has 0 saturated heterocycles. The Balaban J connectivity index is 1.57. The molecule has 5 heteroatoms. The third-order valence-corrected chi connectivity index (χ3v) is 8.98. The largest absolute Gasteiger partial charge is 0.463 e. The highest BCUT2D eigenvalue weighted by Crippen LogP contribution is 2.65. The second kappa shape index (κ2) is 6.84. The molecule has 0 N–H and O–H groups in total. The number of carbonyl (C=O) groups excluding carboxylic acids is 3. The zero-order chi connectivity index (χ0) is 20.3. The van der Waals surface area contributed by atoms with Crippen molar-refractivity contribution in [3.8, 4) is 0 Å². The first-order valence-corrected chi connectivity index (χ1v) is 11.0. The molecule has 0 spiro atoms. The van der Waals surface area contributed by atoms with E-state index >= 15 is 0 Å². The third-order valence-electron chi connectivity index (χ3n) is 8.98. The molecule has 4 aliphatic carbocycles. The van der Waals surface area contributed by atoms with Gasteiger partial charge in [-0.1, -0.05) is 13.8 Å². The van der Waals surface area contributed by atoms with Crippen molar-refractivity contribution in [3.63, 3.8) is 0 Å². The van der Waals surface area contributed by atoms with Gasteiger partial charge in [0.1, 0.15) is 18.0 Å². The van der Waals surface area contributed by atoms with Crippen molar-refractivity contribution in [3.05, 3.63) is 0 Å². The van der Waals surface area contributed by atoms with Gasteiger partial charge in [-0.05, 0) is 68.1 Å². The van der Waals surface area contributed by atoms with Gasteiger partial charge < -0.3 is 9.47 Å². The fourth-order valence-corrected chi connectivity index (χ4v) is 7.58. The van der Waals surface area contributed by atoms with Crippen LogP contribution in [-0.2, 0) is 23.9 Å². The Kier molecular flexibility index (Phi) is 4.86. The molecule has 28 heavy (non-hydrogen) atoms. The number of ketones is 1. The lowest BCUT2D eigenvalue weighted by Crippen LogP contribution is -2.58. The molecule has 0 aromatic heterocycles. The number of Topliss-reactive ketones (excluding diaryl/α,β-unsaturated/α-hetero) is 1. The zero-order valence-electron chi connectivity index (χ0n) is 17.7. The SMILES string of the molecule is CC(=O)O[C@H]1CC[C@@]2(C)[C@H](CC(=O)[C@H]3[C@H]4CC[C@H](OC(C)=O)[C@@]4(C)CC[C@@H]32)C1. The quantitative estimate of drug-likeness (QED) is 0.665. The summed E-state index contributed by atoms with van der Waals surface area (Å²) in [5.74, 6) is 1.12. The molecular weight excluding hydrogens is 356 g/mol.